The highest BCUT2D eigenvalue weighted by Gasteiger charge is 2.18. The Morgan fingerprint density at radius 1 is 1.07 bits per heavy atom. The lowest BCUT2D eigenvalue weighted by Crippen LogP contribution is -2.15. The SMILES string of the molecule is COc1cc(NS(=O)(=O)c2ccc(NC(=O)c3cc(C)no3)cc2)nc(OC)n1. The normalized spacial score (nSPS) is 11.0. The molecule has 0 saturated heterocycles. The number of carbonyl (C=O) groups is 1. The monoisotopic (exact) mass is 419 g/mol. The molecule has 0 radical (unpaired) electrons. The fraction of sp³-hybridized carbons (Fsp3) is 0.176. The average molecular weight is 419 g/mol. The van der Waals surface area contributed by atoms with Crippen molar-refractivity contribution in [2.45, 2.75) is 11.8 Å². The van der Waals surface area contributed by atoms with E-state index in [4.69, 9.17) is 14.0 Å². The zero-order valence-corrected chi connectivity index (χ0v) is 16.5. The highest BCUT2D eigenvalue weighted by molar-refractivity contribution is 7.92. The van der Waals surface area contributed by atoms with Crippen molar-refractivity contribution in [3.05, 3.63) is 47.9 Å². The summed E-state index contributed by atoms with van der Waals surface area (Å²) in [5, 5.41) is 6.23. The van der Waals surface area contributed by atoms with Crippen LogP contribution >= 0.6 is 0 Å². The molecule has 2 N–H and O–H groups in total. The van der Waals surface area contributed by atoms with Crippen LogP contribution in [0.3, 0.4) is 0 Å². The van der Waals surface area contributed by atoms with E-state index in [1.54, 1.807) is 6.92 Å². The number of nitrogens with zero attached hydrogens (tertiary/aromatic N) is 3. The maximum Gasteiger partial charge on any atom is 0.321 e. The molecular weight excluding hydrogens is 402 g/mol. The number of aryl methyl sites for hydroxylation is 1. The van der Waals surface area contributed by atoms with E-state index in [0.29, 0.717) is 11.4 Å². The number of rotatable bonds is 7. The number of ether oxygens (including phenoxy) is 2. The average Bonchev–Trinajstić information content (AvgIpc) is 3.14. The van der Waals surface area contributed by atoms with Gasteiger partial charge in [0.15, 0.2) is 5.82 Å². The summed E-state index contributed by atoms with van der Waals surface area (Å²) in [5.41, 5.74) is 0.953. The molecule has 0 fully saturated rings. The molecule has 2 heterocycles. The van der Waals surface area contributed by atoms with Crippen LogP contribution in [-0.2, 0) is 10.0 Å². The highest BCUT2D eigenvalue weighted by atomic mass is 32.2. The lowest BCUT2D eigenvalue weighted by atomic mass is 10.3. The van der Waals surface area contributed by atoms with Crippen molar-refractivity contribution in [2.75, 3.05) is 24.3 Å². The number of hydrogen-bond donors (Lipinski definition) is 2. The van der Waals surface area contributed by atoms with E-state index in [1.807, 2.05) is 0 Å². The summed E-state index contributed by atoms with van der Waals surface area (Å²) in [6.45, 7) is 1.69. The zero-order chi connectivity index (χ0) is 21.0. The third kappa shape index (κ3) is 4.79. The Bertz CT molecular complexity index is 1110. The fourth-order valence-corrected chi connectivity index (χ4v) is 3.22. The van der Waals surface area contributed by atoms with Crippen LogP contribution < -0.4 is 19.5 Å². The van der Waals surface area contributed by atoms with Gasteiger partial charge in [0.1, 0.15) is 0 Å². The summed E-state index contributed by atoms with van der Waals surface area (Å²) in [4.78, 5) is 19.8. The molecule has 11 nitrogen and oxygen atoms in total. The minimum absolute atomic E-state index is 0.0215. The first kappa shape index (κ1) is 20.1. The van der Waals surface area contributed by atoms with Gasteiger partial charge in [-0.25, -0.2) is 8.42 Å². The molecule has 3 rings (SSSR count). The minimum Gasteiger partial charge on any atom is -0.481 e. The van der Waals surface area contributed by atoms with E-state index >= 15 is 0 Å². The van der Waals surface area contributed by atoms with Crippen LogP contribution in [0.5, 0.6) is 11.9 Å². The number of aromatic nitrogens is 3. The van der Waals surface area contributed by atoms with Gasteiger partial charge in [-0.15, -0.1) is 0 Å². The van der Waals surface area contributed by atoms with E-state index in [9.17, 15) is 13.2 Å². The van der Waals surface area contributed by atoms with Gasteiger partial charge in [-0.05, 0) is 31.2 Å². The number of anilines is 2. The van der Waals surface area contributed by atoms with Crippen LogP contribution in [0, 0.1) is 6.92 Å². The van der Waals surface area contributed by atoms with Crippen molar-refractivity contribution in [2.24, 2.45) is 0 Å². The first-order valence-electron chi connectivity index (χ1n) is 8.15. The van der Waals surface area contributed by atoms with Gasteiger partial charge in [-0.3, -0.25) is 9.52 Å². The molecule has 0 spiro atoms. The molecule has 0 unspecified atom stereocenters. The van der Waals surface area contributed by atoms with Crippen LogP contribution in [0.15, 0.2) is 45.8 Å². The Labute approximate surface area is 166 Å². The number of methoxy groups -OCH3 is 2. The molecule has 152 valence electrons. The lowest BCUT2D eigenvalue weighted by Gasteiger charge is -2.10. The van der Waals surface area contributed by atoms with E-state index in [0.717, 1.165) is 0 Å². The Balaban J connectivity index is 1.75. The number of benzene rings is 1. The Morgan fingerprint density at radius 2 is 1.79 bits per heavy atom. The molecule has 1 aromatic carbocycles. The van der Waals surface area contributed by atoms with E-state index < -0.39 is 15.9 Å². The molecular formula is C17H17N5O6S. The van der Waals surface area contributed by atoms with Gasteiger partial charge in [0.05, 0.1) is 24.8 Å². The third-order valence-corrected chi connectivity index (χ3v) is 4.96. The summed E-state index contributed by atoms with van der Waals surface area (Å²) in [5.74, 6) is -0.339. The molecule has 2 aromatic heterocycles. The molecule has 3 aromatic rings. The van der Waals surface area contributed by atoms with E-state index in [2.05, 4.69) is 25.2 Å². The fourth-order valence-electron chi connectivity index (χ4n) is 2.23. The first-order chi connectivity index (χ1) is 13.8. The number of hydrogen-bond acceptors (Lipinski definition) is 9. The van der Waals surface area contributed by atoms with Crippen LogP contribution in [0.1, 0.15) is 16.2 Å². The van der Waals surface area contributed by atoms with Crippen molar-refractivity contribution < 1.29 is 27.2 Å². The molecule has 0 saturated carbocycles. The molecule has 0 bridgehead atoms. The second-order valence-electron chi connectivity index (χ2n) is 5.70. The lowest BCUT2D eigenvalue weighted by molar-refractivity contribution is 0.0988. The Hall–Kier alpha value is -3.67. The first-order valence-corrected chi connectivity index (χ1v) is 9.63. The minimum atomic E-state index is -3.95. The summed E-state index contributed by atoms with van der Waals surface area (Å²) in [6, 6.07) is 8.30. The molecule has 12 heteroatoms. The van der Waals surface area contributed by atoms with Crippen molar-refractivity contribution in [1.29, 1.82) is 0 Å². The molecule has 0 aliphatic heterocycles. The van der Waals surface area contributed by atoms with Gasteiger partial charge in [0.25, 0.3) is 15.9 Å². The Morgan fingerprint density at radius 3 is 2.38 bits per heavy atom. The quantitative estimate of drug-likeness (QED) is 0.585. The van der Waals surface area contributed by atoms with Gasteiger partial charge in [0, 0.05) is 17.8 Å². The van der Waals surface area contributed by atoms with E-state index in [1.165, 1.54) is 50.6 Å². The van der Waals surface area contributed by atoms with Crippen molar-refractivity contribution in [1.82, 2.24) is 15.1 Å². The maximum absolute atomic E-state index is 12.6. The third-order valence-electron chi connectivity index (χ3n) is 3.59. The predicted octanol–water partition coefficient (Wildman–Crippen LogP) is 1.84. The van der Waals surface area contributed by atoms with Gasteiger partial charge < -0.3 is 19.3 Å². The maximum atomic E-state index is 12.6. The summed E-state index contributed by atoms with van der Waals surface area (Å²) in [6.07, 6.45) is 0. The van der Waals surface area contributed by atoms with Crippen LogP contribution in [-0.4, -0.2) is 43.7 Å². The standard InChI is InChI=1S/C17H17N5O6S/c1-10-8-13(28-21-10)16(23)18-11-4-6-12(7-5-11)29(24,25)22-14-9-15(26-2)20-17(19-14)27-3/h4-9H,1-3H3,(H,18,23)(H,19,20,22). The molecule has 0 aliphatic carbocycles. The smallest absolute Gasteiger partial charge is 0.321 e. The van der Waals surface area contributed by atoms with Gasteiger partial charge in [0.2, 0.25) is 11.6 Å². The summed E-state index contributed by atoms with van der Waals surface area (Å²) in [7, 11) is -1.22. The highest BCUT2D eigenvalue weighted by Crippen LogP contribution is 2.21. The predicted molar refractivity (Wildman–Crippen MR) is 102 cm³/mol. The van der Waals surface area contributed by atoms with Crippen molar-refractivity contribution >= 4 is 27.4 Å². The topological polar surface area (TPSA) is 146 Å². The summed E-state index contributed by atoms with van der Waals surface area (Å²) >= 11 is 0. The van der Waals surface area contributed by atoms with Crippen molar-refractivity contribution in [3.8, 4) is 11.9 Å². The van der Waals surface area contributed by atoms with Crippen LogP contribution in [0.25, 0.3) is 0 Å². The van der Waals surface area contributed by atoms with Crippen LogP contribution in [0.4, 0.5) is 11.5 Å². The molecule has 1 amide bonds. The van der Waals surface area contributed by atoms with Gasteiger partial charge in [-0.2, -0.15) is 9.97 Å². The van der Waals surface area contributed by atoms with Crippen LogP contribution in [0.2, 0.25) is 0 Å². The Kier molecular flexibility index (Phi) is 5.64. The second kappa shape index (κ2) is 8.14. The van der Waals surface area contributed by atoms with Gasteiger partial charge >= 0.3 is 6.01 Å². The number of carbonyl (C=O) groups excluding carboxylic acids is 1. The summed E-state index contributed by atoms with van der Waals surface area (Å²) < 4.78 is 42.3. The van der Waals surface area contributed by atoms with E-state index in [-0.39, 0.29) is 28.4 Å². The molecule has 29 heavy (non-hydrogen) atoms. The second-order valence-corrected chi connectivity index (χ2v) is 7.38. The number of nitrogens with one attached hydrogen (secondary N) is 2. The number of sulfonamides is 1. The number of amides is 1. The van der Waals surface area contributed by atoms with Gasteiger partial charge in [-0.1, -0.05) is 5.16 Å². The largest absolute Gasteiger partial charge is 0.481 e. The zero-order valence-electron chi connectivity index (χ0n) is 15.7. The molecule has 0 atom stereocenters. The molecule has 0 aliphatic rings. The van der Waals surface area contributed by atoms with Crippen molar-refractivity contribution in [3.63, 3.8) is 0 Å².